The average Bonchev–Trinajstić information content (AvgIpc) is 3.26. The van der Waals surface area contributed by atoms with E-state index in [1.807, 2.05) is 24.3 Å². The molecular weight excluding hydrogens is 262 g/mol. The first-order chi connectivity index (χ1) is 10.3. The van der Waals surface area contributed by atoms with Crippen LogP contribution in [-0.2, 0) is 6.42 Å². The SMILES string of the molecule is [N-]=[N+]=Nc1ccc2c(c1)C/C2=N/N1C[C@H]1c1ccccc1. The van der Waals surface area contributed by atoms with Crippen LogP contribution in [0, 0.1) is 0 Å². The number of hydrogen-bond acceptors (Lipinski definition) is 3. The Bertz CT molecular complexity index is 775. The lowest BCUT2D eigenvalue weighted by Gasteiger charge is -2.21. The predicted octanol–water partition coefficient (Wildman–Crippen LogP) is 3.95. The lowest BCUT2D eigenvalue weighted by molar-refractivity contribution is 0.550. The molecule has 21 heavy (non-hydrogen) atoms. The van der Waals surface area contributed by atoms with Crippen LogP contribution in [-0.4, -0.2) is 17.3 Å². The number of fused-ring (bicyclic) bond motifs is 1. The van der Waals surface area contributed by atoms with Crippen LogP contribution in [0.15, 0.2) is 58.7 Å². The Hall–Kier alpha value is -2.78. The molecule has 1 aliphatic heterocycles. The Kier molecular flexibility index (Phi) is 2.66. The zero-order valence-corrected chi connectivity index (χ0v) is 11.3. The van der Waals surface area contributed by atoms with Crippen LogP contribution < -0.4 is 0 Å². The second kappa shape index (κ2) is 4.65. The van der Waals surface area contributed by atoms with Gasteiger partial charge in [-0.05, 0) is 22.7 Å². The maximum atomic E-state index is 8.44. The van der Waals surface area contributed by atoms with Crippen molar-refractivity contribution in [3.63, 3.8) is 0 Å². The van der Waals surface area contributed by atoms with Crippen LogP contribution in [0.5, 0.6) is 0 Å². The van der Waals surface area contributed by atoms with Gasteiger partial charge in [0.05, 0.1) is 18.3 Å². The molecule has 0 radical (unpaired) electrons. The number of benzene rings is 2. The van der Waals surface area contributed by atoms with Crippen LogP contribution in [0.3, 0.4) is 0 Å². The lowest BCUT2D eigenvalue weighted by Crippen LogP contribution is -2.20. The first-order valence-electron chi connectivity index (χ1n) is 6.92. The van der Waals surface area contributed by atoms with Crippen molar-refractivity contribution < 1.29 is 0 Å². The van der Waals surface area contributed by atoms with Gasteiger partial charge in [0.25, 0.3) is 0 Å². The van der Waals surface area contributed by atoms with Crippen LogP contribution >= 0.6 is 0 Å². The monoisotopic (exact) mass is 275 g/mol. The maximum absolute atomic E-state index is 8.44. The molecule has 0 N–H and O–H groups in total. The van der Waals surface area contributed by atoms with Crippen molar-refractivity contribution in [3.8, 4) is 0 Å². The van der Waals surface area contributed by atoms with E-state index >= 15 is 0 Å². The summed E-state index contributed by atoms with van der Waals surface area (Å²) in [7, 11) is 0. The molecule has 0 aromatic heterocycles. The van der Waals surface area contributed by atoms with Crippen molar-refractivity contribution >= 4 is 11.4 Å². The second-order valence-corrected chi connectivity index (χ2v) is 5.30. The van der Waals surface area contributed by atoms with Gasteiger partial charge in [-0.25, -0.2) is 0 Å². The summed E-state index contributed by atoms with van der Waals surface area (Å²) in [5.74, 6) is 0. The summed E-state index contributed by atoms with van der Waals surface area (Å²) in [6, 6.07) is 16.6. The maximum Gasteiger partial charge on any atom is 0.0913 e. The molecule has 5 heteroatoms. The highest BCUT2D eigenvalue weighted by Gasteiger charge is 2.36. The van der Waals surface area contributed by atoms with Crippen molar-refractivity contribution in [2.45, 2.75) is 12.5 Å². The lowest BCUT2D eigenvalue weighted by atomic mass is 9.86. The Morgan fingerprint density at radius 1 is 1.14 bits per heavy atom. The molecular formula is C16H13N5. The fourth-order valence-corrected chi connectivity index (χ4v) is 2.73. The summed E-state index contributed by atoms with van der Waals surface area (Å²) in [4.78, 5) is 2.81. The summed E-state index contributed by atoms with van der Waals surface area (Å²) < 4.78 is 0. The quantitative estimate of drug-likeness (QED) is 0.362. The first kappa shape index (κ1) is 12.0. The Morgan fingerprint density at radius 3 is 2.76 bits per heavy atom. The standard InChI is InChI=1S/C16H13N5/c17-20-18-13-6-7-14-12(8-13)9-15(14)19-21-10-16(21)11-4-2-1-3-5-11/h1-8,16H,9-10H2/b19-15-/t16-,21?/m0/s1. The van der Waals surface area contributed by atoms with Gasteiger partial charge in [0.15, 0.2) is 0 Å². The van der Waals surface area contributed by atoms with Gasteiger partial charge in [-0.2, -0.15) is 5.10 Å². The molecule has 2 aliphatic rings. The third kappa shape index (κ3) is 2.14. The highest BCUT2D eigenvalue weighted by molar-refractivity contribution is 6.10. The molecule has 1 saturated heterocycles. The molecule has 1 fully saturated rings. The van der Waals surface area contributed by atoms with Gasteiger partial charge in [0.2, 0.25) is 0 Å². The second-order valence-electron chi connectivity index (χ2n) is 5.30. The van der Waals surface area contributed by atoms with Gasteiger partial charge in [-0.1, -0.05) is 47.6 Å². The number of hydrazone groups is 1. The van der Waals surface area contributed by atoms with Gasteiger partial charge in [0.1, 0.15) is 0 Å². The van der Waals surface area contributed by atoms with Crippen LogP contribution in [0.2, 0.25) is 0 Å². The first-order valence-corrected chi connectivity index (χ1v) is 6.92. The largest absolute Gasteiger partial charge is 0.285 e. The molecule has 0 spiro atoms. The molecule has 0 saturated carbocycles. The van der Waals surface area contributed by atoms with Crippen molar-refractivity contribution in [1.29, 1.82) is 0 Å². The van der Waals surface area contributed by atoms with E-state index in [9.17, 15) is 0 Å². The van der Waals surface area contributed by atoms with Crippen molar-refractivity contribution in [1.82, 2.24) is 5.01 Å². The molecule has 2 aromatic rings. The fraction of sp³-hybridized carbons (Fsp3) is 0.188. The molecule has 1 heterocycles. The summed E-state index contributed by atoms with van der Waals surface area (Å²) >= 11 is 0. The van der Waals surface area contributed by atoms with E-state index in [4.69, 9.17) is 10.6 Å². The van der Waals surface area contributed by atoms with Crippen molar-refractivity contribution in [3.05, 3.63) is 75.7 Å². The Labute approximate surface area is 122 Å². The van der Waals surface area contributed by atoms with E-state index in [2.05, 4.69) is 39.3 Å². The van der Waals surface area contributed by atoms with E-state index in [1.54, 1.807) is 0 Å². The third-order valence-electron chi connectivity index (χ3n) is 3.94. The number of nitrogens with zero attached hydrogens (tertiary/aromatic N) is 5. The van der Waals surface area contributed by atoms with E-state index < -0.39 is 0 Å². The number of hydrogen-bond donors (Lipinski definition) is 0. The van der Waals surface area contributed by atoms with Gasteiger partial charge in [-0.15, -0.1) is 0 Å². The molecule has 102 valence electrons. The molecule has 1 atom stereocenters. The molecule has 2 aromatic carbocycles. The molecule has 1 aliphatic carbocycles. The topological polar surface area (TPSA) is 64.1 Å². The zero-order chi connectivity index (χ0) is 14.2. The van der Waals surface area contributed by atoms with Crippen LogP contribution in [0.25, 0.3) is 10.4 Å². The van der Waals surface area contributed by atoms with Gasteiger partial charge in [0, 0.05) is 22.6 Å². The summed E-state index contributed by atoms with van der Waals surface area (Å²) in [6.45, 7) is 0.986. The van der Waals surface area contributed by atoms with Crippen molar-refractivity contribution in [2.75, 3.05) is 6.54 Å². The highest BCUT2D eigenvalue weighted by Crippen LogP contribution is 2.37. The van der Waals surface area contributed by atoms with E-state index in [0.717, 1.165) is 18.7 Å². The Balaban J connectivity index is 1.51. The third-order valence-corrected chi connectivity index (χ3v) is 3.94. The average molecular weight is 275 g/mol. The smallest absolute Gasteiger partial charge is 0.0913 e. The number of rotatable bonds is 3. The zero-order valence-electron chi connectivity index (χ0n) is 11.3. The molecule has 0 bridgehead atoms. The molecule has 4 rings (SSSR count). The normalized spacial score (nSPS) is 20.5. The minimum atomic E-state index is 0.421. The Morgan fingerprint density at radius 2 is 2.00 bits per heavy atom. The minimum Gasteiger partial charge on any atom is -0.285 e. The number of azide groups is 1. The summed E-state index contributed by atoms with van der Waals surface area (Å²) in [5.41, 5.74) is 13.9. The summed E-state index contributed by atoms with van der Waals surface area (Å²) in [6.07, 6.45) is 0.849. The van der Waals surface area contributed by atoms with E-state index in [0.29, 0.717) is 11.7 Å². The van der Waals surface area contributed by atoms with Crippen LogP contribution in [0.1, 0.15) is 22.7 Å². The fourth-order valence-electron chi connectivity index (χ4n) is 2.73. The van der Waals surface area contributed by atoms with E-state index in [-0.39, 0.29) is 0 Å². The predicted molar refractivity (Wildman–Crippen MR) is 81.4 cm³/mol. The summed E-state index contributed by atoms with van der Waals surface area (Å²) in [5, 5.41) is 10.5. The minimum absolute atomic E-state index is 0.421. The van der Waals surface area contributed by atoms with Crippen molar-refractivity contribution in [2.24, 2.45) is 10.2 Å². The van der Waals surface area contributed by atoms with Gasteiger partial charge >= 0.3 is 0 Å². The molecule has 0 amide bonds. The van der Waals surface area contributed by atoms with Gasteiger partial charge < -0.3 is 0 Å². The van der Waals surface area contributed by atoms with Crippen LogP contribution in [0.4, 0.5) is 5.69 Å². The molecule has 0 unspecified atom stereocenters. The van der Waals surface area contributed by atoms with Gasteiger partial charge in [-0.3, -0.25) is 5.01 Å². The van der Waals surface area contributed by atoms with E-state index in [1.165, 1.54) is 16.7 Å². The highest BCUT2D eigenvalue weighted by atomic mass is 15.6. The molecule has 5 nitrogen and oxygen atoms in total.